The Balaban J connectivity index is 1.41. The lowest BCUT2D eigenvalue weighted by atomic mass is 9.91. The summed E-state index contributed by atoms with van der Waals surface area (Å²) in [4.78, 5) is 41.7. The summed E-state index contributed by atoms with van der Waals surface area (Å²) in [5, 5.41) is 6.15. The first-order valence-electron chi connectivity index (χ1n) is 17.3. The minimum absolute atomic E-state index is 0.0108. The van der Waals surface area contributed by atoms with E-state index in [1.165, 1.54) is 0 Å². The Bertz CT molecular complexity index is 1510. The highest BCUT2D eigenvalue weighted by Gasteiger charge is 2.25. The molecule has 258 valence electrons. The predicted octanol–water partition coefficient (Wildman–Crippen LogP) is 8.72. The van der Waals surface area contributed by atoms with Crippen molar-refractivity contribution >= 4 is 11.8 Å². The van der Waals surface area contributed by atoms with Crippen LogP contribution in [0.15, 0.2) is 60.9 Å². The lowest BCUT2D eigenvalue weighted by Crippen LogP contribution is -2.33. The van der Waals surface area contributed by atoms with Gasteiger partial charge in [0.05, 0.1) is 23.8 Å². The highest BCUT2D eigenvalue weighted by Crippen LogP contribution is 2.31. The molecule has 48 heavy (non-hydrogen) atoms. The average Bonchev–Trinajstić information content (AvgIpc) is 3.71. The third kappa shape index (κ3) is 10.4. The zero-order valence-electron chi connectivity index (χ0n) is 30.6. The van der Waals surface area contributed by atoms with Gasteiger partial charge in [-0.05, 0) is 44.9 Å². The van der Waals surface area contributed by atoms with Crippen molar-refractivity contribution in [2.24, 2.45) is 22.7 Å². The van der Waals surface area contributed by atoms with Gasteiger partial charge in [-0.2, -0.15) is 0 Å². The van der Waals surface area contributed by atoms with Gasteiger partial charge in [0.2, 0.25) is 11.8 Å². The quantitative estimate of drug-likeness (QED) is 0.116. The number of amides is 2. The minimum Gasteiger partial charge on any atom is -0.356 e. The molecule has 0 aliphatic carbocycles. The van der Waals surface area contributed by atoms with Crippen LogP contribution in [0.25, 0.3) is 33.6 Å². The van der Waals surface area contributed by atoms with Crippen LogP contribution in [0.4, 0.5) is 0 Å². The summed E-state index contributed by atoms with van der Waals surface area (Å²) in [5.41, 5.74) is 6.30. The van der Waals surface area contributed by atoms with Crippen LogP contribution in [0.1, 0.15) is 106 Å². The van der Waals surface area contributed by atoms with Crippen LogP contribution in [-0.2, 0) is 9.59 Å². The second kappa shape index (κ2) is 15.3. The molecule has 2 aromatic carbocycles. The molecular weight excluding hydrogens is 596 g/mol. The molecule has 4 aromatic rings. The zero-order valence-corrected chi connectivity index (χ0v) is 30.6. The largest absolute Gasteiger partial charge is 0.356 e. The molecular formula is C40H56N6O2. The molecule has 8 nitrogen and oxygen atoms in total. The highest BCUT2D eigenvalue weighted by molar-refractivity contribution is 5.77. The third-order valence-electron chi connectivity index (χ3n) is 8.67. The molecule has 0 spiro atoms. The summed E-state index contributed by atoms with van der Waals surface area (Å²) in [6.07, 6.45) is 4.54. The van der Waals surface area contributed by atoms with Crippen molar-refractivity contribution in [3.63, 3.8) is 0 Å². The van der Waals surface area contributed by atoms with E-state index in [-0.39, 0.29) is 46.3 Å². The van der Waals surface area contributed by atoms with Crippen LogP contribution >= 0.6 is 0 Å². The first-order valence-corrected chi connectivity index (χ1v) is 17.3. The van der Waals surface area contributed by atoms with Crippen molar-refractivity contribution < 1.29 is 9.59 Å². The third-order valence-corrected chi connectivity index (χ3v) is 8.67. The summed E-state index contributed by atoms with van der Waals surface area (Å²) >= 11 is 0. The van der Waals surface area contributed by atoms with Gasteiger partial charge in [-0.15, -0.1) is 0 Å². The first-order chi connectivity index (χ1) is 22.5. The zero-order chi connectivity index (χ0) is 35.2. The smallest absolute Gasteiger partial charge is 0.220 e. The standard InChI is InChI=1S/C40H56N6O2/c1-25(2)31(19-35(47)43-23-39(5,6)7)37-41-21-33(45-37)29-15-11-27(12-16-29)28-13-17-30(18-14-28)34-22-42-38(46-34)32(26(3)4)20-36(48)44-24-40(8,9)10/h11-18,21-22,25-26,31-32H,19-20,23-24H2,1-10H3,(H,41,45)(H,42,46)(H,43,47)(H,44,48). The number of nitrogens with one attached hydrogen (secondary N) is 4. The molecule has 0 aliphatic heterocycles. The first kappa shape index (κ1) is 36.6. The van der Waals surface area contributed by atoms with Crippen LogP contribution in [0, 0.1) is 22.7 Å². The number of H-pyrrole nitrogens is 2. The van der Waals surface area contributed by atoms with Gasteiger partial charge in [0, 0.05) is 37.8 Å². The highest BCUT2D eigenvalue weighted by atomic mass is 16.2. The van der Waals surface area contributed by atoms with Gasteiger partial charge in [0.1, 0.15) is 11.6 Å². The van der Waals surface area contributed by atoms with E-state index in [0.29, 0.717) is 25.9 Å². The minimum atomic E-state index is 0.0108. The molecule has 0 aliphatic rings. The Morgan fingerprint density at radius 2 is 0.896 bits per heavy atom. The van der Waals surface area contributed by atoms with Gasteiger partial charge in [0.25, 0.3) is 0 Å². The Hall–Kier alpha value is -4.20. The summed E-state index contributed by atoms with van der Waals surface area (Å²) in [6.45, 7) is 22.5. The maximum absolute atomic E-state index is 12.7. The summed E-state index contributed by atoms with van der Waals surface area (Å²) in [7, 11) is 0. The molecule has 0 radical (unpaired) electrons. The second-order valence-corrected chi connectivity index (χ2v) is 16.3. The molecule has 0 fully saturated rings. The maximum atomic E-state index is 12.7. The van der Waals surface area contributed by atoms with Crippen molar-refractivity contribution in [1.82, 2.24) is 30.6 Å². The number of hydrogen-bond acceptors (Lipinski definition) is 4. The topological polar surface area (TPSA) is 116 Å². The number of benzene rings is 2. The molecule has 0 saturated carbocycles. The van der Waals surface area contributed by atoms with E-state index in [1.54, 1.807) is 0 Å². The van der Waals surface area contributed by atoms with Crippen LogP contribution < -0.4 is 10.6 Å². The van der Waals surface area contributed by atoms with Crippen molar-refractivity contribution in [3.05, 3.63) is 72.6 Å². The molecule has 2 amide bonds. The van der Waals surface area contributed by atoms with Crippen molar-refractivity contribution in [3.8, 4) is 33.6 Å². The number of aromatic amines is 2. The van der Waals surface area contributed by atoms with Crippen LogP contribution in [0.3, 0.4) is 0 Å². The van der Waals surface area contributed by atoms with E-state index < -0.39 is 0 Å². The monoisotopic (exact) mass is 652 g/mol. The van der Waals surface area contributed by atoms with E-state index in [9.17, 15) is 9.59 Å². The van der Waals surface area contributed by atoms with E-state index in [2.05, 4.69) is 148 Å². The number of aromatic nitrogens is 4. The number of nitrogens with zero attached hydrogens (tertiary/aromatic N) is 2. The summed E-state index contributed by atoms with van der Waals surface area (Å²) < 4.78 is 0. The fourth-order valence-corrected chi connectivity index (χ4v) is 5.60. The number of hydrogen-bond donors (Lipinski definition) is 4. The van der Waals surface area contributed by atoms with E-state index in [0.717, 1.165) is 45.3 Å². The van der Waals surface area contributed by atoms with E-state index >= 15 is 0 Å². The van der Waals surface area contributed by atoms with Gasteiger partial charge < -0.3 is 20.6 Å². The molecule has 2 unspecified atom stereocenters. The van der Waals surface area contributed by atoms with Crippen LogP contribution in [0.5, 0.6) is 0 Å². The van der Waals surface area contributed by atoms with E-state index in [1.807, 2.05) is 12.4 Å². The number of imidazole rings is 2. The molecule has 8 heteroatoms. The Morgan fingerprint density at radius 1 is 0.583 bits per heavy atom. The second-order valence-electron chi connectivity index (χ2n) is 16.3. The fourth-order valence-electron chi connectivity index (χ4n) is 5.60. The molecule has 2 atom stereocenters. The van der Waals surface area contributed by atoms with Crippen molar-refractivity contribution in [2.45, 2.75) is 93.9 Å². The SMILES string of the molecule is CC(C)C(CC(=O)NCC(C)(C)C)c1ncc(-c2ccc(-c3ccc(-c4cnc(C(CC(=O)NCC(C)(C)C)C(C)C)[nH]4)cc3)cc2)[nH]1. The van der Waals surface area contributed by atoms with Gasteiger partial charge in [-0.25, -0.2) is 9.97 Å². The Morgan fingerprint density at radius 3 is 1.19 bits per heavy atom. The summed E-state index contributed by atoms with van der Waals surface area (Å²) in [5.74, 6) is 2.36. The number of carbonyl (C=O) groups is 2. The van der Waals surface area contributed by atoms with Crippen LogP contribution in [-0.4, -0.2) is 44.8 Å². The van der Waals surface area contributed by atoms with Crippen molar-refractivity contribution in [2.75, 3.05) is 13.1 Å². The molecule has 4 N–H and O–H groups in total. The fraction of sp³-hybridized carbons (Fsp3) is 0.500. The van der Waals surface area contributed by atoms with Gasteiger partial charge in [0.15, 0.2) is 0 Å². The average molecular weight is 653 g/mol. The lowest BCUT2D eigenvalue weighted by Gasteiger charge is -2.22. The predicted molar refractivity (Wildman–Crippen MR) is 196 cm³/mol. The molecule has 0 saturated heterocycles. The number of carbonyl (C=O) groups excluding carboxylic acids is 2. The molecule has 2 heterocycles. The molecule has 0 bridgehead atoms. The number of rotatable bonds is 13. The lowest BCUT2D eigenvalue weighted by molar-refractivity contribution is -0.123. The Labute approximate surface area is 287 Å². The normalized spacial score (nSPS) is 13.5. The van der Waals surface area contributed by atoms with Gasteiger partial charge in [-0.1, -0.05) is 118 Å². The molecule has 4 rings (SSSR count). The summed E-state index contributed by atoms with van der Waals surface area (Å²) in [6, 6.07) is 16.9. The molecule has 2 aromatic heterocycles. The van der Waals surface area contributed by atoms with E-state index in [4.69, 9.17) is 0 Å². The van der Waals surface area contributed by atoms with Crippen LogP contribution in [0.2, 0.25) is 0 Å². The maximum Gasteiger partial charge on any atom is 0.220 e. The van der Waals surface area contributed by atoms with Crippen molar-refractivity contribution in [1.29, 1.82) is 0 Å². The Kier molecular flexibility index (Phi) is 11.7. The van der Waals surface area contributed by atoms with Gasteiger partial charge >= 0.3 is 0 Å². The van der Waals surface area contributed by atoms with Gasteiger partial charge in [-0.3, -0.25) is 9.59 Å².